The normalized spacial score (nSPS) is 11.4. The molecule has 0 amide bonds. The van der Waals surface area contributed by atoms with Crippen LogP contribution in [0.15, 0.2) is 23.8 Å². The summed E-state index contributed by atoms with van der Waals surface area (Å²) in [4.78, 5) is 10.1. The third kappa shape index (κ3) is 2.07. The van der Waals surface area contributed by atoms with Crippen LogP contribution in [0.1, 0.15) is 11.1 Å². The summed E-state index contributed by atoms with van der Waals surface area (Å²) in [6.07, 6.45) is 0. The van der Waals surface area contributed by atoms with Crippen LogP contribution in [-0.4, -0.2) is 4.92 Å². The Morgan fingerprint density at radius 2 is 1.48 bits per heavy atom. The molecule has 0 saturated heterocycles. The maximum absolute atomic E-state index is 14.3. The molecule has 0 radical (unpaired) electrons. The number of nitriles is 2. The Bertz CT molecular complexity index is 1080. The molecule has 3 rings (SSSR count). The summed E-state index contributed by atoms with van der Waals surface area (Å²) < 4.78 is 55.7. The number of hydrogen-bond donors (Lipinski definition) is 0. The fourth-order valence-corrected chi connectivity index (χ4v) is 2.72. The quantitative estimate of drug-likeness (QED) is 0.167. The van der Waals surface area contributed by atoms with Gasteiger partial charge < -0.3 is 0 Å². The van der Waals surface area contributed by atoms with Crippen molar-refractivity contribution in [3.05, 3.63) is 68.3 Å². The highest BCUT2D eigenvalue weighted by atomic mass is 19.2. The van der Waals surface area contributed by atoms with Gasteiger partial charge in [0.1, 0.15) is 17.7 Å². The molecule has 0 aromatic heterocycles. The van der Waals surface area contributed by atoms with E-state index >= 15 is 0 Å². The summed E-state index contributed by atoms with van der Waals surface area (Å²) in [6, 6.07) is 5.76. The van der Waals surface area contributed by atoms with Gasteiger partial charge in [-0.05, 0) is 17.2 Å². The van der Waals surface area contributed by atoms with Crippen molar-refractivity contribution in [3.63, 3.8) is 0 Å². The highest BCUT2D eigenvalue weighted by Gasteiger charge is 2.37. The van der Waals surface area contributed by atoms with Gasteiger partial charge in [0.25, 0.3) is 5.69 Å². The number of benzene rings is 2. The van der Waals surface area contributed by atoms with E-state index in [9.17, 15) is 27.7 Å². The van der Waals surface area contributed by atoms with E-state index in [1.54, 1.807) is 0 Å². The van der Waals surface area contributed by atoms with Gasteiger partial charge >= 0.3 is 0 Å². The first kappa shape index (κ1) is 16.1. The van der Waals surface area contributed by atoms with Gasteiger partial charge in [-0.25, -0.2) is 17.6 Å². The van der Waals surface area contributed by atoms with Gasteiger partial charge in [-0.2, -0.15) is 10.5 Å². The Morgan fingerprint density at radius 1 is 0.920 bits per heavy atom. The maximum atomic E-state index is 14.3. The van der Waals surface area contributed by atoms with Crippen LogP contribution in [0.4, 0.5) is 23.2 Å². The number of allylic oxidation sites excluding steroid dienone is 1. The van der Waals surface area contributed by atoms with E-state index in [1.807, 2.05) is 0 Å². The topological polar surface area (TPSA) is 90.7 Å². The van der Waals surface area contributed by atoms with Gasteiger partial charge in [0.2, 0.25) is 0 Å². The predicted octanol–water partition coefficient (Wildman–Crippen LogP) is 3.98. The van der Waals surface area contributed by atoms with E-state index in [0.717, 1.165) is 18.2 Å². The van der Waals surface area contributed by atoms with Crippen molar-refractivity contribution in [1.29, 1.82) is 10.5 Å². The SMILES string of the molecule is N#CC(C#N)=C1c2cc([N+](=O)[O-])ccc2-c2c(F)c(F)c(F)c(F)c21. The number of nitro benzene ring substituents is 1. The smallest absolute Gasteiger partial charge is 0.258 e. The van der Waals surface area contributed by atoms with Crippen LogP contribution in [-0.2, 0) is 0 Å². The van der Waals surface area contributed by atoms with E-state index < -0.39 is 56.2 Å². The highest BCUT2D eigenvalue weighted by molar-refractivity contribution is 6.04. The van der Waals surface area contributed by atoms with E-state index in [4.69, 9.17) is 10.5 Å². The van der Waals surface area contributed by atoms with Crippen LogP contribution in [0.3, 0.4) is 0 Å². The molecular weight excluding hydrogens is 342 g/mol. The summed E-state index contributed by atoms with van der Waals surface area (Å²) in [7, 11) is 0. The third-order valence-corrected chi connectivity index (χ3v) is 3.74. The molecule has 0 heterocycles. The second-order valence-electron chi connectivity index (χ2n) is 4.97. The number of halogens is 4. The Morgan fingerprint density at radius 3 is 2.00 bits per heavy atom. The largest absolute Gasteiger partial charge is 0.270 e. The first-order valence-electron chi connectivity index (χ1n) is 6.53. The van der Waals surface area contributed by atoms with Gasteiger partial charge in [0, 0.05) is 28.8 Å². The van der Waals surface area contributed by atoms with Gasteiger partial charge in [-0.1, -0.05) is 0 Å². The number of rotatable bonds is 1. The molecule has 5 nitrogen and oxygen atoms in total. The first-order chi connectivity index (χ1) is 11.8. The average molecular weight is 345 g/mol. The molecule has 0 saturated carbocycles. The second kappa shape index (κ2) is 5.42. The third-order valence-electron chi connectivity index (χ3n) is 3.74. The zero-order chi connectivity index (χ0) is 18.5. The Labute approximate surface area is 136 Å². The van der Waals surface area contributed by atoms with E-state index in [0.29, 0.717) is 0 Å². The lowest BCUT2D eigenvalue weighted by Gasteiger charge is -2.07. The molecule has 0 atom stereocenters. The van der Waals surface area contributed by atoms with Crippen molar-refractivity contribution in [2.75, 3.05) is 0 Å². The molecular formula is C16H3F4N3O2. The van der Waals surface area contributed by atoms with Crippen LogP contribution in [0.25, 0.3) is 16.7 Å². The van der Waals surface area contributed by atoms with Crippen molar-refractivity contribution < 1.29 is 22.5 Å². The summed E-state index contributed by atoms with van der Waals surface area (Å²) in [5.41, 5.74) is -3.65. The average Bonchev–Trinajstić information content (AvgIpc) is 2.94. The number of nitro groups is 1. The van der Waals surface area contributed by atoms with Crippen LogP contribution in [0, 0.1) is 56.0 Å². The molecule has 0 bridgehead atoms. The van der Waals surface area contributed by atoms with Gasteiger partial charge in [0.15, 0.2) is 23.3 Å². The van der Waals surface area contributed by atoms with E-state index in [-0.39, 0.29) is 11.1 Å². The minimum Gasteiger partial charge on any atom is -0.258 e. The number of nitrogens with zero attached hydrogens (tertiary/aromatic N) is 3. The van der Waals surface area contributed by atoms with Crippen molar-refractivity contribution in [1.82, 2.24) is 0 Å². The first-order valence-corrected chi connectivity index (χ1v) is 6.53. The molecule has 1 aliphatic rings. The van der Waals surface area contributed by atoms with Crippen LogP contribution >= 0.6 is 0 Å². The summed E-state index contributed by atoms with van der Waals surface area (Å²) in [5, 5.41) is 29.0. The number of non-ortho nitro benzene ring substituents is 1. The lowest BCUT2D eigenvalue weighted by molar-refractivity contribution is -0.384. The Balaban J connectivity index is 2.57. The lowest BCUT2D eigenvalue weighted by Crippen LogP contribution is -2.02. The van der Waals surface area contributed by atoms with Crippen molar-refractivity contribution in [2.24, 2.45) is 0 Å². The van der Waals surface area contributed by atoms with Gasteiger partial charge in [0.05, 0.1) is 4.92 Å². The van der Waals surface area contributed by atoms with Crippen LogP contribution in [0.2, 0.25) is 0 Å². The molecule has 2 aromatic rings. The monoisotopic (exact) mass is 345 g/mol. The van der Waals surface area contributed by atoms with E-state index in [2.05, 4.69) is 0 Å². The molecule has 0 unspecified atom stereocenters. The van der Waals surface area contributed by atoms with Crippen molar-refractivity contribution in [3.8, 4) is 23.3 Å². The fourth-order valence-electron chi connectivity index (χ4n) is 2.72. The molecule has 1 aliphatic carbocycles. The maximum Gasteiger partial charge on any atom is 0.270 e. The van der Waals surface area contributed by atoms with Crippen LogP contribution in [0.5, 0.6) is 0 Å². The van der Waals surface area contributed by atoms with Crippen LogP contribution < -0.4 is 0 Å². The van der Waals surface area contributed by atoms with Crippen molar-refractivity contribution in [2.45, 2.75) is 0 Å². The summed E-state index contributed by atoms with van der Waals surface area (Å²) in [6.45, 7) is 0. The van der Waals surface area contributed by atoms with Gasteiger partial charge in [-0.3, -0.25) is 10.1 Å². The summed E-state index contributed by atoms with van der Waals surface area (Å²) in [5.74, 6) is -7.66. The second-order valence-corrected chi connectivity index (χ2v) is 4.97. The fraction of sp³-hybridized carbons (Fsp3) is 0. The molecule has 0 spiro atoms. The van der Waals surface area contributed by atoms with E-state index in [1.165, 1.54) is 12.1 Å². The summed E-state index contributed by atoms with van der Waals surface area (Å²) >= 11 is 0. The predicted molar refractivity (Wildman–Crippen MR) is 75.6 cm³/mol. The molecule has 0 aliphatic heterocycles. The minimum absolute atomic E-state index is 0.186. The lowest BCUT2D eigenvalue weighted by atomic mass is 9.98. The number of fused-ring (bicyclic) bond motifs is 3. The molecule has 0 fully saturated rings. The zero-order valence-corrected chi connectivity index (χ0v) is 11.9. The zero-order valence-electron chi connectivity index (χ0n) is 11.9. The number of hydrogen-bond acceptors (Lipinski definition) is 4. The molecule has 0 N–H and O–H groups in total. The highest BCUT2D eigenvalue weighted by Crippen LogP contribution is 2.49. The van der Waals surface area contributed by atoms with Gasteiger partial charge in [-0.15, -0.1) is 0 Å². The molecule has 2 aromatic carbocycles. The molecule has 9 heteroatoms. The van der Waals surface area contributed by atoms with Crippen molar-refractivity contribution >= 4 is 11.3 Å². The Hall–Kier alpha value is -3.72. The Kier molecular flexibility index (Phi) is 3.50. The minimum atomic E-state index is -2.11. The molecule has 25 heavy (non-hydrogen) atoms. The molecule has 122 valence electrons. The standard InChI is InChI=1S/C16H3F4N3O2/c17-13-11-8-2-1-7(23(24)25)3-9(8)10(6(4-21)5-22)12(11)14(18)16(20)15(13)19/h1-3H.